The molecule has 1 aliphatic carbocycles. The number of carbonyl (C=O) groups is 1. The number of benzene rings is 1. The molecule has 1 fully saturated rings. The maximum absolute atomic E-state index is 14.0. The predicted molar refractivity (Wildman–Crippen MR) is 106 cm³/mol. The molecule has 7 heteroatoms. The number of hydrogen-bond acceptors (Lipinski definition) is 4. The van der Waals surface area contributed by atoms with Gasteiger partial charge in [-0.05, 0) is 37.1 Å². The van der Waals surface area contributed by atoms with E-state index in [1.807, 2.05) is 4.68 Å². The van der Waals surface area contributed by atoms with Gasteiger partial charge in [0.25, 0.3) is 5.91 Å². The third kappa shape index (κ3) is 3.88. The first kappa shape index (κ1) is 18.2. The van der Waals surface area contributed by atoms with Crippen molar-refractivity contribution >= 4 is 23.2 Å². The highest BCUT2D eigenvalue weighted by atomic mass is 19.1. The molecule has 1 saturated carbocycles. The van der Waals surface area contributed by atoms with Gasteiger partial charge in [0, 0.05) is 12.3 Å². The van der Waals surface area contributed by atoms with Crippen LogP contribution in [0.2, 0.25) is 0 Å². The normalized spacial score (nSPS) is 14.6. The number of amides is 1. The maximum atomic E-state index is 14.0. The smallest absolute Gasteiger partial charge is 0.260 e. The lowest BCUT2D eigenvalue weighted by molar-refractivity contribution is 0.102. The van der Waals surface area contributed by atoms with Crippen LogP contribution in [0.1, 0.15) is 48.5 Å². The summed E-state index contributed by atoms with van der Waals surface area (Å²) in [7, 11) is 0. The highest BCUT2D eigenvalue weighted by molar-refractivity contribution is 6.07. The number of pyridine rings is 1. The molecule has 6 nitrogen and oxygen atoms in total. The van der Waals surface area contributed by atoms with E-state index in [4.69, 9.17) is 0 Å². The van der Waals surface area contributed by atoms with Crippen molar-refractivity contribution in [1.29, 1.82) is 0 Å². The Hall–Kier alpha value is -3.22. The number of para-hydroxylation sites is 1. The van der Waals surface area contributed by atoms with Crippen LogP contribution in [-0.2, 0) is 0 Å². The summed E-state index contributed by atoms with van der Waals surface area (Å²) in [6.07, 6.45) is 9.00. The fourth-order valence-corrected chi connectivity index (χ4v) is 3.59. The molecule has 2 aromatic heterocycles. The molecule has 0 aliphatic heterocycles. The minimum atomic E-state index is -0.408. The summed E-state index contributed by atoms with van der Waals surface area (Å²) in [5, 5.41) is 10.3. The molecule has 0 saturated heterocycles. The van der Waals surface area contributed by atoms with Crippen molar-refractivity contribution in [2.24, 2.45) is 0 Å². The molecule has 0 unspecified atom stereocenters. The SMILES string of the molecule is O=C(Nc1ccnn1C1CCCCC1)c1cccnc1Nc1ccccc1F. The van der Waals surface area contributed by atoms with E-state index in [2.05, 4.69) is 20.7 Å². The zero-order valence-corrected chi connectivity index (χ0v) is 15.4. The van der Waals surface area contributed by atoms with E-state index in [-0.39, 0.29) is 11.6 Å². The summed E-state index contributed by atoms with van der Waals surface area (Å²) in [4.78, 5) is 17.1. The second-order valence-corrected chi connectivity index (χ2v) is 6.91. The Labute approximate surface area is 162 Å². The van der Waals surface area contributed by atoms with Crippen molar-refractivity contribution in [2.45, 2.75) is 38.1 Å². The number of carbonyl (C=O) groups excluding carboxylic acids is 1. The molecule has 3 aromatic rings. The summed E-state index contributed by atoms with van der Waals surface area (Å²) in [5.41, 5.74) is 0.602. The van der Waals surface area contributed by atoms with Crippen LogP contribution in [0.3, 0.4) is 0 Å². The minimum absolute atomic E-state index is 0.266. The standard InChI is InChI=1S/C21H22FN5O/c22-17-10-4-5-11-18(17)25-20-16(9-6-13-23-20)21(28)26-19-12-14-24-27(19)15-7-2-1-3-8-15/h4-6,9-15H,1-3,7-8H2,(H,23,25)(H,26,28). The number of halogens is 1. The van der Waals surface area contributed by atoms with Crippen LogP contribution in [0, 0.1) is 5.82 Å². The highest BCUT2D eigenvalue weighted by Crippen LogP contribution is 2.30. The highest BCUT2D eigenvalue weighted by Gasteiger charge is 2.20. The zero-order chi connectivity index (χ0) is 19.3. The average Bonchev–Trinajstić information content (AvgIpc) is 3.19. The molecule has 4 rings (SSSR count). The lowest BCUT2D eigenvalue weighted by Crippen LogP contribution is -2.21. The van der Waals surface area contributed by atoms with Gasteiger partial charge >= 0.3 is 0 Å². The van der Waals surface area contributed by atoms with Gasteiger partial charge in [-0.1, -0.05) is 31.4 Å². The Bertz CT molecular complexity index is 965. The maximum Gasteiger partial charge on any atom is 0.260 e. The fourth-order valence-electron chi connectivity index (χ4n) is 3.59. The number of nitrogens with one attached hydrogen (secondary N) is 2. The molecule has 1 aromatic carbocycles. The van der Waals surface area contributed by atoms with Gasteiger partial charge in [0.2, 0.25) is 0 Å². The largest absolute Gasteiger partial charge is 0.337 e. The summed E-state index contributed by atoms with van der Waals surface area (Å²) in [6, 6.07) is 11.7. The van der Waals surface area contributed by atoms with E-state index in [1.54, 1.807) is 48.8 Å². The van der Waals surface area contributed by atoms with E-state index in [1.165, 1.54) is 25.3 Å². The molecular weight excluding hydrogens is 357 g/mol. The Morgan fingerprint density at radius 3 is 2.68 bits per heavy atom. The van der Waals surface area contributed by atoms with Crippen LogP contribution in [0.5, 0.6) is 0 Å². The molecule has 28 heavy (non-hydrogen) atoms. The molecule has 0 spiro atoms. The van der Waals surface area contributed by atoms with Crippen molar-refractivity contribution in [3.05, 3.63) is 66.2 Å². The number of aromatic nitrogens is 3. The van der Waals surface area contributed by atoms with E-state index >= 15 is 0 Å². The van der Waals surface area contributed by atoms with Crippen molar-refractivity contribution < 1.29 is 9.18 Å². The van der Waals surface area contributed by atoms with Gasteiger partial charge in [0.15, 0.2) is 0 Å². The van der Waals surface area contributed by atoms with Gasteiger partial charge in [-0.15, -0.1) is 0 Å². The van der Waals surface area contributed by atoms with Crippen LogP contribution in [0.4, 0.5) is 21.7 Å². The molecule has 1 aliphatic rings. The molecule has 1 amide bonds. The van der Waals surface area contributed by atoms with Crippen LogP contribution in [-0.4, -0.2) is 20.7 Å². The first-order valence-corrected chi connectivity index (χ1v) is 9.54. The van der Waals surface area contributed by atoms with Crippen LogP contribution < -0.4 is 10.6 Å². The molecule has 0 radical (unpaired) electrons. The van der Waals surface area contributed by atoms with E-state index in [9.17, 15) is 9.18 Å². The summed E-state index contributed by atoms with van der Waals surface area (Å²) >= 11 is 0. The van der Waals surface area contributed by atoms with E-state index < -0.39 is 5.82 Å². The first-order chi connectivity index (χ1) is 13.7. The predicted octanol–water partition coefficient (Wildman–Crippen LogP) is 4.92. The van der Waals surface area contributed by atoms with Crippen LogP contribution in [0.25, 0.3) is 0 Å². The molecule has 0 atom stereocenters. The molecular formula is C21H22FN5O. The van der Waals surface area contributed by atoms with E-state index in [0.29, 0.717) is 23.2 Å². The van der Waals surface area contributed by atoms with Gasteiger partial charge in [0.1, 0.15) is 17.5 Å². The summed E-state index contributed by atoms with van der Waals surface area (Å²) in [6.45, 7) is 0. The Kier molecular flexibility index (Phi) is 5.32. The first-order valence-electron chi connectivity index (χ1n) is 9.54. The fraction of sp³-hybridized carbons (Fsp3) is 0.286. The van der Waals surface area contributed by atoms with Gasteiger partial charge in [-0.25, -0.2) is 14.1 Å². The molecule has 144 valence electrons. The number of hydrogen-bond donors (Lipinski definition) is 2. The minimum Gasteiger partial charge on any atom is -0.337 e. The zero-order valence-electron chi connectivity index (χ0n) is 15.4. The van der Waals surface area contributed by atoms with Crippen molar-refractivity contribution in [1.82, 2.24) is 14.8 Å². The van der Waals surface area contributed by atoms with Crippen molar-refractivity contribution in [3.63, 3.8) is 0 Å². The monoisotopic (exact) mass is 379 g/mol. The van der Waals surface area contributed by atoms with Gasteiger partial charge < -0.3 is 10.6 Å². The lowest BCUT2D eigenvalue weighted by Gasteiger charge is -2.24. The third-order valence-electron chi connectivity index (χ3n) is 5.01. The Morgan fingerprint density at radius 1 is 1.04 bits per heavy atom. The second kappa shape index (κ2) is 8.21. The summed E-state index contributed by atoms with van der Waals surface area (Å²) in [5.74, 6) is 0.241. The molecule has 2 N–H and O–H groups in total. The van der Waals surface area contributed by atoms with Gasteiger partial charge in [-0.2, -0.15) is 5.10 Å². The number of anilines is 3. The Balaban J connectivity index is 1.55. The summed E-state index contributed by atoms with van der Waals surface area (Å²) < 4.78 is 15.9. The number of rotatable bonds is 5. The third-order valence-corrected chi connectivity index (χ3v) is 5.01. The molecule has 2 heterocycles. The lowest BCUT2D eigenvalue weighted by atomic mass is 9.96. The van der Waals surface area contributed by atoms with E-state index in [0.717, 1.165) is 12.8 Å². The van der Waals surface area contributed by atoms with Crippen molar-refractivity contribution in [3.8, 4) is 0 Å². The van der Waals surface area contributed by atoms with Gasteiger partial charge in [0.05, 0.1) is 23.5 Å². The number of nitrogens with zero attached hydrogens (tertiary/aromatic N) is 3. The second-order valence-electron chi connectivity index (χ2n) is 6.91. The van der Waals surface area contributed by atoms with Crippen LogP contribution in [0.15, 0.2) is 54.9 Å². The average molecular weight is 379 g/mol. The van der Waals surface area contributed by atoms with Crippen LogP contribution >= 0.6 is 0 Å². The van der Waals surface area contributed by atoms with Gasteiger partial charge in [-0.3, -0.25) is 4.79 Å². The molecule has 0 bridgehead atoms. The quantitative estimate of drug-likeness (QED) is 0.660. The topological polar surface area (TPSA) is 71.8 Å². The van der Waals surface area contributed by atoms with Crippen molar-refractivity contribution in [2.75, 3.05) is 10.6 Å². The Morgan fingerprint density at radius 2 is 1.86 bits per heavy atom.